The second-order valence-corrected chi connectivity index (χ2v) is 9.40. The third-order valence-electron chi connectivity index (χ3n) is 5.87. The average Bonchev–Trinajstić information content (AvgIpc) is 3.45. The van der Waals surface area contributed by atoms with E-state index in [2.05, 4.69) is 55.8 Å². The molecule has 0 aromatic carbocycles. The highest BCUT2D eigenvalue weighted by atomic mass is 32.1. The van der Waals surface area contributed by atoms with E-state index < -0.39 is 0 Å². The van der Waals surface area contributed by atoms with Crippen LogP contribution >= 0.6 is 12.6 Å². The zero-order valence-corrected chi connectivity index (χ0v) is 19.5. The van der Waals surface area contributed by atoms with Gasteiger partial charge in [-0.05, 0) is 44.4 Å². The molecule has 3 unspecified atom stereocenters. The predicted molar refractivity (Wildman–Crippen MR) is 119 cm³/mol. The number of hydrogen-bond donors (Lipinski definition) is 1. The van der Waals surface area contributed by atoms with Gasteiger partial charge in [0.15, 0.2) is 0 Å². The van der Waals surface area contributed by atoms with Crippen molar-refractivity contribution in [3.8, 4) is 0 Å². The van der Waals surface area contributed by atoms with Crippen LogP contribution in [0.5, 0.6) is 0 Å². The Morgan fingerprint density at radius 2 is 1.57 bits per heavy atom. The molecule has 0 N–H and O–H groups in total. The van der Waals surface area contributed by atoms with Gasteiger partial charge in [-0.1, -0.05) is 43.2 Å². The van der Waals surface area contributed by atoms with Gasteiger partial charge in [0, 0.05) is 34.3 Å². The molecule has 0 aliphatic heterocycles. The Labute approximate surface area is 184 Å². The number of thiol groups is 1. The molecule has 6 nitrogen and oxygen atoms in total. The van der Waals surface area contributed by atoms with Gasteiger partial charge in [0.25, 0.3) is 0 Å². The van der Waals surface area contributed by atoms with Crippen molar-refractivity contribution in [3.63, 3.8) is 0 Å². The second kappa shape index (κ2) is 10.3. The van der Waals surface area contributed by atoms with Gasteiger partial charge in [-0.25, -0.2) is 0 Å². The highest BCUT2D eigenvalue weighted by Crippen LogP contribution is 2.31. The summed E-state index contributed by atoms with van der Waals surface area (Å²) in [6, 6.07) is 0. The molecule has 3 aromatic rings. The van der Waals surface area contributed by atoms with Crippen molar-refractivity contribution in [3.05, 3.63) is 52.6 Å². The van der Waals surface area contributed by atoms with E-state index in [1.807, 2.05) is 19.3 Å². The zero-order chi connectivity index (χ0) is 21.7. The van der Waals surface area contributed by atoms with E-state index in [1.165, 1.54) is 11.1 Å². The highest BCUT2D eigenvalue weighted by molar-refractivity contribution is 7.80. The normalized spacial score (nSPS) is 14.9. The van der Waals surface area contributed by atoms with E-state index in [9.17, 15) is 0 Å². The topological polar surface area (TPSA) is 78.1 Å². The van der Waals surface area contributed by atoms with Gasteiger partial charge in [0.1, 0.15) is 17.8 Å². The van der Waals surface area contributed by atoms with E-state index in [4.69, 9.17) is 13.6 Å². The van der Waals surface area contributed by atoms with Gasteiger partial charge in [-0.3, -0.25) is 0 Å². The van der Waals surface area contributed by atoms with Crippen LogP contribution in [-0.2, 0) is 12.8 Å². The van der Waals surface area contributed by atoms with Crippen molar-refractivity contribution in [1.29, 1.82) is 0 Å². The van der Waals surface area contributed by atoms with Crippen molar-refractivity contribution in [1.82, 2.24) is 15.5 Å². The monoisotopic (exact) mass is 431 g/mol. The summed E-state index contributed by atoms with van der Waals surface area (Å²) in [6.45, 7) is 10.8. The Morgan fingerprint density at radius 1 is 0.867 bits per heavy atom. The fourth-order valence-electron chi connectivity index (χ4n) is 3.96. The number of aryl methyl sites for hydroxylation is 2. The third kappa shape index (κ3) is 5.36. The lowest BCUT2D eigenvalue weighted by Crippen LogP contribution is -2.02. The lowest BCUT2D eigenvalue weighted by molar-refractivity contribution is 0.366. The van der Waals surface area contributed by atoms with Crippen LogP contribution in [0, 0.1) is 0 Å². The van der Waals surface area contributed by atoms with Crippen LogP contribution in [0.15, 0.2) is 32.2 Å². The fraction of sp³-hybridized carbons (Fsp3) is 0.609. The van der Waals surface area contributed by atoms with Gasteiger partial charge in [0.05, 0.1) is 18.1 Å². The Bertz CT molecular complexity index is 912. The summed E-state index contributed by atoms with van der Waals surface area (Å²) in [7, 11) is 0. The summed E-state index contributed by atoms with van der Waals surface area (Å²) in [4.78, 5) is 0. The van der Waals surface area contributed by atoms with Crippen LogP contribution in [-0.4, -0.2) is 15.5 Å². The Hall–Kier alpha value is -2.02. The van der Waals surface area contributed by atoms with Crippen molar-refractivity contribution in [2.45, 2.75) is 89.7 Å². The minimum atomic E-state index is 0.122. The second-order valence-electron chi connectivity index (χ2n) is 8.63. The third-order valence-corrected chi connectivity index (χ3v) is 6.15. The van der Waals surface area contributed by atoms with Gasteiger partial charge in [0.2, 0.25) is 0 Å². The summed E-state index contributed by atoms with van der Waals surface area (Å²) in [5.41, 5.74) is 4.47. The number of hydrogen-bond acceptors (Lipinski definition) is 7. The summed E-state index contributed by atoms with van der Waals surface area (Å²) >= 11 is 4.50. The summed E-state index contributed by atoms with van der Waals surface area (Å²) in [5, 5.41) is 12.3. The SMILES string of the molecule is CC(C)c1oncc1C(C)CCCc1oncc1C(C)CCc1nocc1C(C)S. The first kappa shape index (κ1) is 22.7. The molecule has 0 aliphatic carbocycles. The van der Waals surface area contributed by atoms with E-state index in [1.54, 1.807) is 6.26 Å². The maximum absolute atomic E-state index is 5.59. The minimum absolute atomic E-state index is 0.122. The molecule has 0 bridgehead atoms. The molecule has 0 fully saturated rings. The Morgan fingerprint density at radius 3 is 2.30 bits per heavy atom. The average molecular weight is 432 g/mol. The molecule has 0 saturated heterocycles. The van der Waals surface area contributed by atoms with Crippen molar-refractivity contribution in [2.75, 3.05) is 0 Å². The van der Waals surface area contributed by atoms with E-state index in [0.29, 0.717) is 17.8 Å². The molecule has 0 radical (unpaired) electrons. The van der Waals surface area contributed by atoms with Gasteiger partial charge in [-0.15, -0.1) is 0 Å². The first-order valence-corrected chi connectivity index (χ1v) is 11.4. The minimum Gasteiger partial charge on any atom is -0.364 e. The van der Waals surface area contributed by atoms with E-state index in [-0.39, 0.29) is 5.25 Å². The first-order valence-electron chi connectivity index (χ1n) is 10.9. The fourth-order valence-corrected chi connectivity index (χ4v) is 4.17. The number of aromatic nitrogens is 3. The molecule has 0 amide bonds. The first-order chi connectivity index (χ1) is 14.4. The molecule has 7 heteroatoms. The summed E-state index contributed by atoms with van der Waals surface area (Å²) in [5.74, 6) is 3.09. The van der Waals surface area contributed by atoms with Gasteiger partial charge < -0.3 is 13.6 Å². The molecule has 3 atom stereocenters. The van der Waals surface area contributed by atoms with Crippen LogP contribution < -0.4 is 0 Å². The number of nitrogens with zero attached hydrogens (tertiary/aromatic N) is 3. The molecule has 164 valence electrons. The Kier molecular flexibility index (Phi) is 7.81. The van der Waals surface area contributed by atoms with Gasteiger partial charge >= 0.3 is 0 Å². The van der Waals surface area contributed by atoms with E-state index in [0.717, 1.165) is 54.9 Å². The molecule has 0 spiro atoms. The molecule has 3 aromatic heterocycles. The Balaban J connectivity index is 1.53. The standard InChI is InChI=1S/C23H33N3O3S/c1-14(2)23-19(12-25-29-23)15(3)7-6-8-22-18(11-24-28-22)16(4)9-10-21-20(17(5)30)13-27-26-21/h11-17,30H,6-10H2,1-5H3. The molecular weight excluding hydrogens is 398 g/mol. The van der Waals surface area contributed by atoms with Crippen LogP contribution in [0.4, 0.5) is 0 Å². The van der Waals surface area contributed by atoms with Crippen LogP contribution in [0.1, 0.15) is 111 Å². The largest absolute Gasteiger partial charge is 0.364 e. The van der Waals surface area contributed by atoms with Crippen LogP contribution in [0.2, 0.25) is 0 Å². The molecule has 0 aliphatic rings. The molecule has 3 rings (SSSR count). The molecule has 0 saturated carbocycles. The summed E-state index contributed by atoms with van der Waals surface area (Å²) < 4.78 is 16.2. The number of rotatable bonds is 11. The maximum atomic E-state index is 5.59. The molecule has 30 heavy (non-hydrogen) atoms. The molecular formula is C23H33N3O3S. The van der Waals surface area contributed by atoms with Crippen LogP contribution in [0.25, 0.3) is 0 Å². The van der Waals surface area contributed by atoms with E-state index >= 15 is 0 Å². The molecule has 3 heterocycles. The zero-order valence-electron chi connectivity index (χ0n) is 18.6. The highest BCUT2D eigenvalue weighted by Gasteiger charge is 2.20. The van der Waals surface area contributed by atoms with Crippen molar-refractivity contribution < 1.29 is 13.6 Å². The lowest BCUT2D eigenvalue weighted by Gasteiger charge is -2.13. The van der Waals surface area contributed by atoms with Gasteiger partial charge in [-0.2, -0.15) is 12.6 Å². The van der Waals surface area contributed by atoms with Crippen molar-refractivity contribution in [2.24, 2.45) is 0 Å². The smallest absolute Gasteiger partial charge is 0.142 e. The van der Waals surface area contributed by atoms with Crippen molar-refractivity contribution >= 4 is 12.6 Å². The summed E-state index contributed by atoms with van der Waals surface area (Å²) in [6.07, 6.45) is 10.2. The predicted octanol–water partition coefficient (Wildman–Crippen LogP) is 6.63. The lowest BCUT2D eigenvalue weighted by atomic mass is 9.91. The maximum Gasteiger partial charge on any atom is 0.142 e. The quantitative estimate of drug-likeness (QED) is 0.343. The van der Waals surface area contributed by atoms with Crippen LogP contribution in [0.3, 0.4) is 0 Å².